The van der Waals surface area contributed by atoms with E-state index in [9.17, 15) is 4.79 Å². The average molecular weight is 313 g/mol. The Bertz CT molecular complexity index is 484. The molecule has 1 amide bonds. The lowest BCUT2D eigenvalue weighted by Gasteiger charge is -2.22. The molecule has 0 fully saturated rings. The van der Waals surface area contributed by atoms with Gasteiger partial charge in [-0.3, -0.25) is 0 Å². The van der Waals surface area contributed by atoms with Crippen molar-refractivity contribution in [3.8, 4) is 0 Å². The van der Waals surface area contributed by atoms with Crippen LogP contribution in [-0.4, -0.2) is 36.4 Å². The van der Waals surface area contributed by atoms with Crippen LogP contribution < -0.4 is 0 Å². The second kappa shape index (κ2) is 6.85. The fraction of sp³-hybridized carbons (Fsp3) is 0.667. The zero-order valence-electron chi connectivity index (χ0n) is 12.7. The molecule has 1 atom stereocenters. The Kier molecular flexibility index (Phi) is 5.38. The van der Waals surface area contributed by atoms with Gasteiger partial charge in [0.1, 0.15) is 0 Å². The van der Waals surface area contributed by atoms with E-state index in [1.54, 1.807) is 0 Å². The van der Waals surface area contributed by atoms with Crippen LogP contribution >= 0.6 is 23.1 Å². The molecular formula is C15H23NO2S2. The first-order valence-corrected chi connectivity index (χ1v) is 9.05. The van der Waals surface area contributed by atoms with E-state index in [4.69, 9.17) is 4.74 Å². The minimum absolute atomic E-state index is 0.171. The van der Waals surface area contributed by atoms with Crippen LogP contribution in [0.15, 0.2) is 4.21 Å². The molecule has 0 radical (unpaired) electrons. The number of amides is 1. The van der Waals surface area contributed by atoms with Crippen LogP contribution in [0.3, 0.4) is 0 Å². The molecule has 0 aliphatic carbocycles. The molecule has 5 heteroatoms. The summed E-state index contributed by atoms with van der Waals surface area (Å²) in [6, 6.07) is 0. The maximum Gasteiger partial charge on any atom is 0.409 e. The van der Waals surface area contributed by atoms with Gasteiger partial charge < -0.3 is 9.64 Å². The predicted octanol–water partition coefficient (Wildman–Crippen LogP) is 4.29. The van der Waals surface area contributed by atoms with Gasteiger partial charge in [-0.1, -0.05) is 13.8 Å². The Morgan fingerprint density at radius 3 is 2.90 bits per heavy atom. The van der Waals surface area contributed by atoms with Crippen molar-refractivity contribution in [2.45, 2.75) is 44.2 Å². The topological polar surface area (TPSA) is 29.5 Å². The summed E-state index contributed by atoms with van der Waals surface area (Å²) in [4.78, 5) is 15.2. The van der Waals surface area contributed by atoms with Gasteiger partial charge in [-0.15, -0.1) is 23.1 Å². The zero-order valence-corrected chi connectivity index (χ0v) is 14.3. The van der Waals surface area contributed by atoms with Crippen LogP contribution in [0, 0.1) is 6.92 Å². The Hall–Kier alpha value is -0.680. The first kappa shape index (κ1) is 15.7. The Balaban J connectivity index is 2.20. The molecule has 1 aromatic rings. The zero-order chi connectivity index (χ0) is 14.7. The highest BCUT2D eigenvalue weighted by Crippen LogP contribution is 2.41. The van der Waals surface area contributed by atoms with E-state index in [2.05, 4.69) is 20.8 Å². The van der Waals surface area contributed by atoms with E-state index in [0.29, 0.717) is 12.5 Å². The molecule has 1 unspecified atom stereocenters. The Morgan fingerprint density at radius 1 is 1.50 bits per heavy atom. The van der Waals surface area contributed by atoms with E-state index in [1.807, 2.05) is 34.9 Å². The number of hydrogen-bond acceptors (Lipinski definition) is 4. The fourth-order valence-electron chi connectivity index (χ4n) is 2.79. The minimum atomic E-state index is -0.171. The molecule has 2 heterocycles. The summed E-state index contributed by atoms with van der Waals surface area (Å²) in [5.41, 5.74) is 2.90. The summed E-state index contributed by atoms with van der Waals surface area (Å²) in [5.74, 6) is 1.50. The Labute approximate surface area is 129 Å². The van der Waals surface area contributed by atoms with Gasteiger partial charge in [0.25, 0.3) is 0 Å². The van der Waals surface area contributed by atoms with Crippen LogP contribution in [-0.2, 0) is 11.2 Å². The molecule has 1 aliphatic rings. The summed E-state index contributed by atoms with van der Waals surface area (Å²) in [7, 11) is 0. The number of nitrogens with zero attached hydrogens (tertiary/aromatic N) is 1. The highest BCUT2D eigenvalue weighted by molar-refractivity contribution is 8.01. The largest absolute Gasteiger partial charge is 0.450 e. The molecule has 20 heavy (non-hydrogen) atoms. The molecule has 0 saturated heterocycles. The number of fused-ring (bicyclic) bond motifs is 1. The summed E-state index contributed by atoms with van der Waals surface area (Å²) < 4.78 is 6.59. The van der Waals surface area contributed by atoms with Gasteiger partial charge >= 0.3 is 6.09 Å². The summed E-state index contributed by atoms with van der Waals surface area (Å²) >= 11 is 3.85. The summed E-state index contributed by atoms with van der Waals surface area (Å²) in [6.07, 6.45) is 0.782. The molecule has 0 saturated carbocycles. The van der Waals surface area contributed by atoms with Gasteiger partial charge in [0, 0.05) is 23.9 Å². The van der Waals surface area contributed by atoms with Crippen molar-refractivity contribution < 1.29 is 9.53 Å². The standard InChI is InChI=1S/C15H23NO2S2/c1-5-18-15(17)16-8-7-12-13(10(3)9-16)11(4)14(20-12)19-6-2/h10H,5-9H2,1-4H3. The molecule has 2 rings (SSSR count). The van der Waals surface area contributed by atoms with Crippen LogP contribution in [0.1, 0.15) is 42.7 Å². The first-order valence-electron chi connectivity index (χ1n) is 7.25. The van der Waals surface area contributed by atoms with Gasteiger partial charge in [0.15, 0.2) is 0 Å². The monoisotopic (exact) mass is 313 g/mol. The molecule has 1 aliphatic heterocycles. The predicted molar refractivity (Wildman–Crippen MR) is 86.2 cm³/mol. The SMILES string of the molecule is CCOC(=O)N1CCc2sc(SCC)c(C)c2C(C)C1. The van der Waals surface area contributed by atoms with E-state index in [1.165, 1.54) is 20.2 Å². The molecule has 112 valence electrons. The molecule has 0 spiro atoms. The lowest BCUT2D eigenvalue weighted by atomic mass is 9.98. The van der Waals surface area contributed by atoms with E-state index in [0.717, 1.165) is 25.3 Å². The molecule has 0 bridgehead atoms. The van der Waals surface area contributed by atoms with Crippen molar-refractivity contribution in [2.75, 3.05) is 25.4 Å². The van der Waals surface area contributed by atoms with Gasteiger partial charge in [-0.05, 0) is 37.1 Å². The maximum absolute atomic E-state index is 11.9. The molecule has 1 aromatic heterocycles. The van der Waals surface area contributed by atoms with Crippen LogP contribution in [0.25, 0.3) is 0 Å². The van der Waals surface area contributed by atoms with E-state index >= 15 is 0 Å². The van der Waals surface area contributed by atoms with Gasteiger partial charge in [-0.25, -0.2) is 4.79 Å². The maximum atomic E-state index is 11.9. The van der Waals surface area contributed by atoms with Crippen molar-refractivity contribution >= 4 is 29.2 Å². The lowest BCUT2D eigenvalue weighted by molar-refractivity contribution is 0.107. The molecule has 0 N–H and O–H groups in total. The highest BCUT2D eigenvalue weighted by Gasteiger charge is 2.27. The molecule has 0 aromatic carbocycles. The second-order valence-corrected chi connectivity index (χ2v) is 7.72. The van der Waals surface area contributed by atoms with Crippen molar-refractivity contribution in [1.82, 2.24) is 4.90 Å². The number of hydrogen-bond donors (Lipinski definition) is 0. The number of ether oxygens (including phenoxy) is 1. The fourth-order valence-corrected chi connectivity index (χ4v) is 5.42. The number of rotatable bonds is 3. The van der Waals surface area contributed by atoms with Crippen molar-refractivity contribution in [3.63, 3.8) is 0 Å². The molecular weight excluding hydrogens is 290 g/mol. The van der Waals surface area contributed by atoms with Crippen molar-refractivity contribution in [3.05, 3.63) is 16.0 Å². The second-order valence-electron chi connectivity index (χ2n) is 5.08. The summed E-state index contributed by atoms with van der Waals surface area (Å²) in [5, 5.41) is 0. The normalized spacial score (nSPS) is 18.6. The number of carbonyl (C=O) groups is 1. The van der Waals surface area contributed by atoms with Crippen LogP contribution in [0.4, 0.5) is 4.79 Å². The number of thiophene rings is 1. The Morgan fingerprint density at radius 2 is 2.25 bits per heavy atom. The van der Waals surface area contributed by atoms with Gasteiger partial charge in [0.05, 0.1) is 10.8 Å². The number of carbonyl (C=O) groups excluding carboxylic acids is 1. The first-order chi connectivity index (χ1) is 9.58. The summed E-state index contributed by atoms with van der Waals surface area (Å²) in [6.45, 7) is 10.5. The lowest BCUT2D eigenvalue weighted by Crippen LogP contribution is -2.34. The van der Waals surface area contributed by atoms with E-state index < -0.39 is 0 Å². The molecule has 3 nitrogen and oxygen atoms in total. The quantitative estimate of drug-likeness (QED) is 0.780. The third-order valence-corrected chi connectivity index (χ3v) is 6.25. The van der Waals surface area contributed by atoms with Crippen molar-refractivity contribution in [2.24, 2.45) is 0 Å². The average Bonchev–Trinajstić information content (AvgIpc) is 2.62. The third kappa shape index (κ3) is 3.14. The van der Waals surface area contributed by atoms with Crippen LogP contribution in [0.2, 0.25) is 0 Å². The third-order valence-electron chi connectivity index (χ3n) is 3.62. The minimum Gasteiger partial charge on any atom is -0.450 e. The smallest absolute Gasteiger partial charge is 0.409 e. The van der Waals surface area contributed by atoms with Gasteiger partial charge in [0.2, 0.25) is 0 Å². The highest BCUT2D eigenvalue weighted by atomic mass is 32.2. The van der Waals surface area contributed by atoms with Gasteiger partial charge in [-0.2, -0.15) is 0 Å². The van der Waals surface area contributed by atoms with E-state index in [-0.39, 0.29) is 6.09 Å². The number of thioether (sulfide) groups is 1. The van der Waals surface area contributed by atoms with Crippen LogP contribution in [0.5, 0.6) is 0 Å². The van der Waals surface area contributed by atoms with Crippen molar-refractivity contribution in [1.29, 1.82) is 0 Å².